The number of hydrogen-bond acceptors (Lipinski definition) is 3. The van der Waals surface area contributed by atoms with Gasteiger partial charge in [-0.1, -0.05) is 18.2 Å². The second kappa shape index (κ2) is 6.74. The van der Waals surface area contributed by atoms with Crippen LogP contribution in [0.1, 0.15) is 6.92 Å². The maximum absolute atomic E-state index is 13.1. The van der Waals surface area contributed by atoms with Crippen LogP contribution in [0, 0.1) is 5.82 Å². The number of hydrogen-bond donors (Lipinski definition) is 2. The summed E-state index contributed by atoms with van der Waals surface area (Å²) in [7, 11) is 0. The molecule has 0 saturated carbocycles. The third-order valence-electron chi connectivity index (χ3n) is 3.10. The number of nitrogens with zero attached hydrogens (tertiary/aromatic N) is 1. The van der Waals surface area contributed by atoms with Crippen LogP contribution < -0.4 is 16.0 Å². The fraction of sp³-hybridized carbons (Fsp3) is 0.188. The Kier molecular flexibility index (Phi) is 4.77. The first-order valence-electron chi connectivity index (χ1n) is 6.75. The highest BCUT2D eigenvalue weighted by atomic mass is 19.1. The Bertz CT molecular complexity index is 630. The average Bonchev–Trinajstić information content (AvgIpc) is 2.45. The van der Waals surface area contributed by atoms with Crippen molar-refractivity contribution in [2.24, 2.45) is 0 Å². The molecule has 110 valence electrons. The van der Waals surface area contributed by atoms with Crippen LogP contribution in [0.3, 0.4) is 0 Å². The van der Waals surface area contributed by atoms with Crippen molar-refractivity contribution < 1.29 is 9.18 Å². The molecule has 0 bridgehead atoms. The minimum absolute atomic E-state index is 0.154. The first-order chi connectivity index (χ1) is 10.1. The zero-order chi connectivity index (χ0) is 15.2. The third kappa shape index (κ3) is 3.95. The molecule has 2 rings (SSSR count). The fourth-order valence-corrected chi connectivity index (χ4v) is 2.08. The van der Waals surface area contributed by atoms with E-state index in [0.717, 1.165) is 5.69 Å². The number of rotatable bonds is 5. The van der Waals surface area contributed by atoms with E-state index in [1.54, 1.807) is 18.2 Å². The molecule has 0 saturated heterocycles. The minimum atomic E-state index is -0.382. The first kappa shape index (κ1) is 14.8. The van der Waals surface area contributed by atoms with E-state index < -0.39 is 0 Å². The van der Waals surface area contributed by atoms with Crippen molar-refractivity contribution in [2.75, 3.05) is 29.0 Å². The van der Waals surface area contributed by atoms with Gasteiger partial charge in [0.15, 0.2) is 0 Å². The maximum atomic E-state index is 13.1. The van der Waals surface area contributed by atoms with Crippen LogP contribution in [0.15, 0.2) is 48.5 Å². The van der Waals surface area contributed by atoms with Gasteiger partial charge in [0.2, 0.25) is 5.91 Å². The van der Waals surface area contributed by atoms with Crippen LogP contribution >= 0.6 is 0 Å². The number of amides is 1. The van der Waals surface area contributed by atoms with Gasteiger partial charge in [-0.15, -0.1) is 0 Å². The predicted molar refractivity (Wildman–Crippen MR) is 83.8 cm³/mol. The summed E-state index contributed by atoms with van der Waals surface area (Å²) < 4.78 is 13.1. The van der Waals surface area contributed by atoms with Crippen LogP contribution in [0.2, 0.25) is 0 Å². The zero-order valence-corrected chi connectivity index (χ0v) is 11.8. The van der Waals surface area contributed by atoms with Gasteiger partial charge in [0.1, 0.15) is 5.82 Å². The third-order valence-corrected chi connectivity index (χ3v) is 3.10. The maximum Gasteiger partial charge on any atom is 0.243 e. The Balaban J connectivity index is 2.05. The number of likely N-dealkylation sites (N-methyl/N-ethyl adjacent to an activating group) is 1. The molecule has 21 heavy (non-hydrogen) atoms. The number of halogens is 1. The minimum Gasteiger partial charge on any atom is -0.397 e. The number of anilines is 3. The van der Waals surface area contributed by atoms with Gasteiger partial charge in [-0.05, 0) is 37.3 Å². The molecule has 0 spiro atoms. The van der Waals surface area contributed by atoms with E-state index in [1.165, 1.54) is 12.1 Å². The van der Waals surface area contributed by atoms with Crippen molar-refractivity contribution in [3.63, 3.8) is 0 Å². The SMILES string of the molecule is CCN(CC(=O)Nc1cccc(F)c1)c1ccccc1N. The van der Waals surface area contributed by atoms with E-state index >= 15 is 0 Å². The van der Waals surface area contributed by atoms with E-state index in [0.29, 0.717) is 17.9 Å². The quantitative estimate of drug-likeness (QED) is 0.831. The summed E-state index contributed by atoms with van der Waals surface area (Å²) in [5, 5.41) is 2.68. The van der Waals surface area contributed by atoms with Gasteiger partial charge < -0.3 is 16.0 Å². The summed E-state index contributed by atoms with van der Waals surface area (Å²) in [6.07, 6.45) is 0. The highest BCUT2D eigenvalue weighted by molar-refractivity contribution is 5.94. The molecular formula is C16H18FN3O. The molecule has 1 amide bonds. The molecule has 0 heterocycles. The lowest BCUT2D eigenvalue weighted by atomic mass is 10.2. The summed E-state index contributed by atoms with van der Waals surface area (Å²) in [5.41, 5.74) is 7.80. The number of nitrogen functional groups attached to an aromatic ring is 1. The highest BCUT2D eigenvalue weighted by Crippen LogP contribution is 2.22. The summed E-state index contributed by atoms with van der Waals surface area (Å²) >= 11 is 0. The lowest BCUT2D eigenvalue weighted by Crippen LogP contribution is -2.33. The van der Waals surface area contributed by atoms with Crippen molar-refractivity contribution >= 4 is 23.0 Å². The number of benzene rings is 2. The molecule has 0 aliphatic carbocycles. The number of nitrogens with two attached hydrogens (primary N) is 1. The van der Waals surface area contributed by atoms with Gasteiger partial charge in [-0.3, -0.25) is 4.79 Å². The summed E-state index contributed by atoms with van der Waals surface area (Å²) in [4.78, 5) is 13.9. The number of carbonyl (C=O) groups is 1. The summed E-state index contributed by atoms with van der Waals surface area (Å²) in [6.45, 7) is 2.74. The Morgan fingerprint density at radius 1 is 1.24 bits per heavy atom. The van der Waals surface area contributed by atoms with Crippen molar-refractivity contribution in [1.82, 2.24) is 0 Å². The second-order valence-electron chi connectivity index (χ2n) is 4.63. The van der Waals surface area contributed by atoms with Gasteiger partial charge in [-0.25, -0.2) is 4.39 Å². The number of nitrogens with one attached hydrogen (secondary N) is 1. The van der Waals surface area contributed by atoms with Gasteiger partial charge >= 0.3 is 0 Å². The zero-order valence-electron chi connectivity index (χ0n) is 11.8. The van der Waals surface area contributed by atoms with Crippen LogP contribution in [-0.4, -0.2) is 19.0 Å². The highest BCUT2D eigenvalue weighted by Gasteiger charge is 2.12. The second-order valence-corrected chi connectivity index (χ2v) is 4.63. The van der Waals surface area contributed by atoms with Crippen molar-refractivity contribution in [1.29, 1.82) is 0 Å². The fourth-order valence-electron chi connectivity index (χ4n) is 2.08. The number of carbonyl (C=O) groups excluding carboxylic acids is 1. The standard InChI is InChI=1S/C16H18FN3O/c1-2-20(15-9-4-3-8-14(15)18)11-16(21)19-13-7-5-6-12(17)10-13/h3-10H,2,11,18H2,1H3,(H,19,21). The van der Waals surface area contributed by atoms with E-state index in [1.807, 2.05) is 30.0 Å². The molecule has 0 aliphatic heterocycles. The normalized spacial score (nSPS) is 10.2. The number of para-hydroxylation sites is 2. The largest absolute Gasteiger partial charge is 0.397 e. The molecule has 4 nitrogen and oxygen atoms in total. The van der Waals surface area contributed by atoms with E-state index in [-0.39, 0.29) is 18.3 Å². The molecule has 0 fully saturated rings. The Morgan fingerprint density at radius 3 is 2.67 bits per heavy atom. The van der Waals surface area contributed by atoms with Crippen LogP contribution in [0.4, 0.5) is 21.5 Å². The molecule has 5 heteroatoms. The molecule has 2 aromatic carbocycles. The summed E-state index contributed by atoms with van der Waals surface area (Å²) in [5.74, 6) is -0.599. The first-order valence-corrected chi connectivity index (χ1v) is 6.75. The lowest BCUT2D eigenvalue weighted by molar-refractivity contribution is -0.115. The van der Waals surface area contributed by atoms with Crippen LogP contribution in [0.25, 0.3) is 0 Å². The molecule has 2 aromatic rings. The summed E-state index contributed by atoms with van der Waals surface area (Å²) in [6, 6.07) is 13.2. The van der Waals surface area contributed by atoms with Gasteiger partial charge in [0.05, 0.1) is 17.9 Å². The Morgan fingerprint density at radius 2 is 2.00 bits per heavy atom. The average molecular weight is 287 g/mol. The molecule has 0 unspecified atom stereocenters. The van der Waals surface area contributed by atoms with Gasteiger partial charge in [0.25, 0.3) is 0 Å². The van der Waals surface area contributed by atoms with Crippen LogP contribution in [0.5, 0.6) is 0 Å². The van der Waals surface area contributed by atoms with E-state index in [9.17, 15) is 9.18 Å². The molecule has 0 atom stereocenters. The predicted octanol–water partition coefficient (Wildman–Crippen LogP) is 2.87. The molecule has 0 radical (unpaired) electrons. The smallest absolute Gasteiger partial charge is 0.243 e. The van der Waals surface area contributed by atoms with Crippen molar-refractivity contribution in [2.45, 2.75) is 6.92 Å². The Hall–Kier alpha value is -2.56. The topological polar surface area (TPSA) is 58.4 Å². The van der Waals surface area contributed by atoms with Crippen molar-refractivity contribution in [3.8, 4) is 0 Å². The monoisotopic (exact) mass is 287 g/mol. The van der Waals surface area contributed by atoms with E-state index in [4.69, 9.17) is 5.73 Å². The lowest BCUT2D eigenvalue weighted by Gasteiger charge is -2.23. The van der Waals surface area contributed by atoms with Gasteiger partial charge in [-0.2, -0.15) is 0 Å². The van der Waals surface area contributed by atoms with Gasteiger partial charge in [0, 0.05) is 12.2 Å². The molecule has 0 aromatic heterocycles. The van der Waals surface area contributed by atoms with E-state index in [2.05, 4.69) is 5.32 Å². The van der Waals surface area contributed by atoms with Crippen molar-refractivity contribution in [3.05, 3.63) is 54.3 Å². The molecule has 0 aliphatic rings. The molecule has 3 N–H and O–H groups in total. The van der Waals surface area contributed by atoms with Crippen LogP contribution in [-0.2, 0) is 4.79 Å². The molecular weight excluding hydrogens is 269 g/mol. The Labute approximate surface area is 123 Å².